The molecule has 0 aliphatic carbocycles. The molecule has 1 fully saturated rings. The molecule has 2 heterocycles. The average Bonchev–Trinajstić information content (AvgIpc) is 3.07. The Morgan fingerprint density at radius 2 is 2.13 bits per heavy atom. The number of aryl methyl sites for hydroxylation is 1. The number of hydrogen-bond donors (Lipinski definition) is 3. The van der Waals surface area contributed by atoms with Crippen LogP contribution in [0.1, 0.15) is 18.4 Å². The van der Waals surface area contributed by atoms with E-state index >= 15 is 0 Å². The van der Waals surface area contributed by atoms with Gasteiger partial charge in [-0.1, -0.05) is 18.2 Å². The van der Waals surface area contributed by atoms with Crippen LogP contribution >= 0.6 is 0 Å². The van der Waals surface area contributed by atoms with Gasteiger partial charge in [-0.2, -0.15) is 0 Å². The molecule has 1 aliphatic rings. The summed E-state index contributed by atoms with van der Waals surface area (Å²) in [5.41, 5.74) is 2.36. The molecule has 2 aromatic rings. The molecule has 124 valence electrons. The number of H-pyrrole nitrogens is 1. The lowest BCUT2D eigenvalue weighted by molar-refractivity contribution is 0.238. The molecular weight excluding hydrogens is 314 g/mol. The van der Waals surface area contributed by atoms with Crippen molar-refractivity contribution in [1.29, 1.82) is 0 Å². The molecule has 6 nitrogen and oxygen atoms in total. The molecule has 0 spiro atoms. The van der Waals surface area contributed by atoms with Crippen LogP contribution < -0.4 is 10.6 Å². The number of urea groups is 1. The molecule has 1 atom stereocenters. The highest BCUT2D eigenvalue weighted by Gasteiger charge is 2.28. The molecular formula is C16H21N3O3S. The Bertz CT molecular complexity index is 798. The maximum Gasteiger partial charge on any atom is 0.315 e. The monoisotopic (exact) mass is 335 g/mol. The molecule has 1 saturated heterocycles. The summed E-state index contributed by atoms with van der Waals surface area (Å²) in [7, 11) is -2.96. The molecule has 3 N–H and O–H groups in total. The van der Waals surface area contributed by atoms with Gasteiger partial charge in [-0.25, -0.2) is 13.2 Å². The summed E-state index contributed by atoms with van der Waals surface area (Å²) in [5, 5.41) is 6.73. The molecule has 2 amide bonds. The highest BCUT2D eigenvalue weighted by molar-refractivity contribution is 7.91. The average molecular weight is 335 g/mol. The van der Waals surface area contributed by atoms with E-state index in [1.165, 1.54) is 10.9 Å². The van der Waals surface area contributed by atoms with E-state index in [1.807, 2.05) is 24.4 Å². The van der Waals surface area contributed by atoms with Crippen molar-refractivity contribution < 1.29 is 13.2 Å². The summed E-state index contributed by atoms with van der Waals surface area (Å²) in [4.78, 5) is 15.0. The number of nitrogens with one attached hydrogen (secondary N) is 3. The van der Waals surface area contributed by atoms with Crippen molar-refractivity contribution in [1.82, 2.24) is 15.6 Å². The number of benzene rings is 1. The van der Waals surface area contributed by atoms with Crippen molar-refractivity contribution >= 4 is 26.8 Å². The van der Waals surface area contributed by atoms with Crippen molar-refractivity contribution in [3.05, 3.63) is 36.0 Å². The molecule has 7 heteroatoms. The first-order valence-corrected chi connectivity index (χ1v) is 9.65. The molecule has 0 saturated carbocycles. The van der Waals surface area contributed by atoms with Crippen molar-refractivity contribution in [2.75, 3.05) is 18.1 Å². The van der Waals surface area contributed by atoms with E-state index in [9.17, 15) is 13.2 Å². The van der Waals surface area contributed by atoms with Crippen LogP contribution in [-0.4, -0.2) is 43.5 Å². The van der Waals surface area contributed by atoms with Gasteiger partial charge in [-0.3, -0.25) is 0 Å². The van der Waals surface area contributed by atoms with Crippen LogP contribution in [0.2, 0.25) is 0 Å². The quantitative estimate of drug-likeness (QED) is 0.725. The minimum absolute atomic E-state index is 0.0513. The zero-order valence-corrected chi connectivity index (χ0v) is 13.7. The van der Waals surface area contributed by atoms with Gasteiger partial charge in [0.1, 0.15) is 0 Å². The maximum atomic E-state index is 11.8. The highest BCUT2D eigenvalue weighted by atomic mass is 32.2. The van der Waals surface area contributed by atoms with Gasteiger partial charge in [-0.15, -0.1) is 0 Å². The third-order valence-corrected chi connectivity index (χ3v) is 5.92. The van der Waals surface area contributed by atoms with Crippen LogP contribution in [-0.2, 0) is 16.3 Å². The van der Waals surface area contributed by atoms with Gasteiger partial charge in [0.15, 0.2) is 9.84 Å². The Balaban J connectivity index is 1.40. The summed E-state index contributed by atoms with van der Waals surface area (Å²) in [6, 6.07) is 7.60. The van der Waals surface area contributed by atoms with Crippen LogP contribution in [0.25, 0.3) is 10.9 Å². The highest BCUT2D eigenvalue weighted by Crippen LogP contribution is 2.18. The Kier molecular flexibility index (Phi) is 4.56. The van der Waals surface area contributed by atoms with E-state index in [1.54, 1.807) is 0 Å². The maximum absolute atomic E-state index is 11.8. The van der Waals surface area contributed by atoms with E-state index in [2.05, 4.69) is 21.7 Å². The van der Waals surface area contributed by atoms with Crippen LogP contribution in [0.15, 0.2) is 30.5 Å². The Morgan fingerprint density at radius 1 is 1.30 bits per heavy atom. The smallest absolute Gasteiger partial charge is 0.315 e. The first-order valence-electron chi connectivity index (χ1n) is 7.83. The summed E-state index contributed by atoms with van der Waals surface area (Å²) >= 11 is 0. The van der Waals surface area contributed by atoms with Gasteiger partial charge in [0.05, 0.1) is 11.5 Å². The van der Waals surface area contributed by atoms with E-state index in [-0.39, 0.29) is 23.6 Å². The number of fused-ring (bicyclic) bond motifs is 1. The molecule has 1 aromatic carbocycles. The fraction of sp³-hybridized carbons (Fsp3) is 0.438. The van der Waals surface area contributed by atoms with Gasteiger partial charge in [0.2, 0.25) is 0 Å². The van der Waals surface area contributed by atoms with Crippen molar-refractivity contribution in [2.45, 2.75) is 25.3 Å². The lowest BCUT2D eigenvalue weighted by atomic mass is 10.1. The number of para-hydroxylation sites is 1. The minimum atomic E-state index is -2.96. The van der Waals surface area contributed by atoms with Gasteiger partial charge in [0, 0.05) is 29.7 Å². The summed E-state index contributed by atoms with van der Waals surface area (Å²) in [5.74, 6) is 0.217. The number of aromatic amines is 1. The predicted octanol–water partition coefficient (Wildman–Crippen LogP) is 1.59. The number of hydrogen-bond acceptors (Lipinski definition) is 3. The largest absolute Gasteiger partial charge is 0.361 e. The zero-order valence-electron chi connectivity index (χ0n) is 12.8. The second kappa shape index (κ2) is 6.62. The Hall–Kier alpha value is -2.02. The molecule has 1 aromatic heterocycles. The SMILES string of the molecule is O=C(NCCCc1c[nH]c2ccccc12)NC1CCS(=O)(=O)C1. The summed E-state index contributed by atoms with van der Waals surface area (Å²) in [6.45, 7) is 0.560. The zero-order chi connectivity index (χ0) is 16.3. The molecule has 1 unspecified atom stereocenters. The van der Waals surface area contributed by atoms with Crippen LogP contribution in [0.4, 0.5) is 4.79 Å². The second-order valence-electron chi connectivity index (χ2n) is 5.96. The minimum Gasteiger partial charge on any atom is -0.361 e. The van der Waals surface area contributed by atoms with Crippen LogP contribution in [0, 0.1) is 0 Å². The Morgan fingerprint density at radius 3 is 2.91 bits per heavy atom. The third kappa shape index (κ3) is 4.04. The number of carbonyl (C=O) groups excluding carboxylic acids is 1. The number of amides is 2. The van der Waals surface area contributed by atoms with Gasteiger partial charge >= 0.3 is 6.03 Å². The number of carbonyl (C=O) groups is 1. The first kappa shape index (κ1) is 15.9. The summed E-state index contributed by atoms with van der Waals surface area (Å²) in [6.07, 6.45) is 4.22. The fourth-order valence-electron chi connectivity index (χ4n) is 2.96. The van der Waals surface area contributed by atoms with Crippen molar-refractivity contribution in [3.63, 3.8) is 0 Å². The van der Waals surface area contributed by atoms with Gasteiger partial charge in [0.25, 0.3) is 0 Å². The number of rotatable bonds is 5. The lowest BCUT2D eigenvalue weighted by Crippen LogP contribution is -2.43. The molecule has 23 heavy (non-hydrogen) atoms. The van der Waals surface area contributed by atoms with E-state index in [4.69, 9.17) is 0 Å². The first-order chi connectivity index (χ1) is 11.0. The number of aromatic nitrogens is 1. The molecule has 1 aliphatic heterocycles. The standard InChI is InChI=1S/C16H21N3O3S/c20-16(19-13-7-9-23(21,22)11-13)17-8-3-4-12-10-18-15-6-2-1-5-14(12)15/h1-2,5-6,10,13,18H,3-4,7-9,11H2,(H2,17,19,20). The lowest BCUT2D eigenvalue weighted by Gasteiger charge is -2.11. The normalized spacial score (nSPS) is 19.7. The van der Waals surface area contributed by atoms with E-state index in [0.29, 0.717) is 13.0 Å². The Labute approximate surface area is 135 Å². The molecule has 3 rings (SSSR count). The summed E-state index contributed by atoms with van der Waals surface area (Å²) < 4.78 is 22.7. The molecule has 0 bridgehead atoms. The van der Waals surface area contributed by atoms with Crippen molar-refractivity contribution in [2.24, 2.45) is 0 Å². The van der Waals surface area contributed by atoms with Gasteiger partial charge < -0.3 is 15.6 Å². The van der Waals surface area contributed by atoms with E-state index < -0.39 is 9.84 Å². The van der Waals surface area contributed by atoms with Crippen LogP contribution in [0.3, 0.4) is 0 Å². The number of sulfone groups is 1. The fourth-order valence-corrected chi connectivity index (χ4v) is 4.64. The van der Waals surface area contributed by atoms with Crippen molar-refractivity contribution in [3.8, 4) is 0 Å². The van der Waals surface area contributed by atoms with Crippen LogP contribution in [0.5, 0.6) is 0 Å². The van der Waals surface area contributed by atoms with Gasteiger partial charge in [-0.05, 0) is 30.9 Å². The predicted molar refractivity (Wildman–Crippen MR) is 90.2 cm³/mol. The molecule has 0 radical (unpaired) electrons. The van der Waals surface area contributed by atoms with E-state index in [0.717, 1.165) is 18.4 Å². The second-order valence-corrected chi connectivity index (χ2v) is 8.19. The third-order valence-electron chi connectivity index (χ3n) is 4.15. The topological polar surface area (TPSA) is 91.1 Å².